The summed E-state index contributed by atoms with van der Waals surface area (Å²) in [4.78, 5) is 0. The van der Waals surface area contributed by atoms with Crippen LogP contribution in [0.3, 0.4) is 0 Å². The van der Waals surface area contributed by atoms with E-state index in [1.165, 1.54) is 11.1 Å². The van der Waals surface area contributed by atoms with Gasteiger partial charge in [0.25, 0.3) is 0 Å². The Balaban J connectivity index is 2.34. The Hall–Kier alpha value is -1.03. The summed E-state index contributed by atoms with van der Waals surface area (Å²) in [5.74, 6) is 0. The maximum absolute atomic E-state index is 3.08. The van der Waals surface area contributed by atoms with Crippen LogP contribution in [0.5, 0.6) is 0 Å². The molecule has 0 aliphatic heterocycles. The van der Waals surface area contributed by atoms with Gasteiger partial charge in [0.05, 0.1) is 22.9 Å². The number of nitrogens with one attached hydrogen (secondary N) is 1. The molecule has 1 nitrogen and oxygen atoms in total. The highest BCUT2D eigenvalue weighted by atomic mass is 127. The van der Waals surface area contributed by atoms with Crippen LogP contribution in [0, 0.1) is 0 Å². The van der Waals surface area contributed by atoms with Crippen LogP contribution in [0.2, 0.25) is 0 Å². The molecule has 0 atom stereocenters. The van der Waals surface area contributed by atoms with Crippen LogP contribution in [0.25, 0.3) is 11.1 Å². The monoisotopic (exact) mass is 295 g/mol. The fraction of sp³-hybridized carbons (Fsp3) is 0. The molecule has 14 heavy (non-hydrogen) atoms. The third kappa shape index (κ3) is 2.07. The van der Waals surface area contributed by atoms with Crippen molar-refractivity contribution in [3.05, 3.63) is 54.6 Å². The van der Waals surface area contributed by atoms with Crippen molar-refractivity contribution in [2.75, 3.05) is 3.53 Å². The van der Waals surface area contributed by atoms with Gasteiger partial charge in [-0.15, -0.1) is 0 Å². The van der Waals surface area contributed by atoms with E-state index in [4.69, 9.17) is 0 Å². The van der Waals surface area contributed by atoms with Gasteiger partial charge in [0.2, 0.25) is 0 Å². The molecule has 0 spiro atoms. The van der Waals surface area contributed by atoms with Gasteiger partial charge in [-0.05, 0) is 23.3 Å². The number of halogens is 1. The standard InChI is InChI=1S/C12H10IN/c13-14-12-8-6-11(7-9-12)10-4-2-1-3-5-10/h1-9,14H. The van der Waals surface area contributed by atoms with E-state index in [-0.39, 0.29) is 0 Å². The molecule has 1 N–H and O–H groups in total. The molecule has 0 heterocycles. The van der Waals surface area contributed by atoms with Gasteiger partial charge in [-0.2, -0.15) is 0 Å². The largest absolute Gasteiger partial charge is 0.328 e. The highest BCUT2D eigenvalue weighted by Gasteiger charge is 1.95. The SMILES string of the molecule is INc1ccc(-c2ccccc2)cc1. The van der Waals surface area contributed by atoms with Crippen molar-refractivity contribution in [2.24, 2.45) is 0 Å². The van der Waals surface area contributed by atoms with Gasteiger partial charge in [-0.25, -0.2) is 0 Å². The first kappa shape index (κ1) is 9.52. The molecule has 0 unspecified atom stereocenters. The third-order valence-corrected chi connectivity index (χ3v) is 2.72. The molecule has 0 fully saturated rings. The van der Waals surface area contributed by atoms with E-state index in [0.29, 0.717) is 0 Å². The molecule has 70 valence electrons. The van der Waals surface area contributed by atoms with Gasteiger partial charge >= 0.3 is 0 Å². The lowest BCUT2D eigenvalue weighted by molar-refractivity contribution is 1.62. The molecule has 0 saturated heterocycles. The zero-order valence-corrected chi connectivity index (χ0v) is 9.73. The van der Waals surface area contributed by atoms with E-state index >= 15 is 0 Å². The van der Waals surface area contributed by atoms with Crippen LogP contribution in [-0.4, -0.2) is 0 Å². The van der Waals surface area contributed by atoms with Crippen molar-refractivity contribution in [2.45, 2.75) is 0 Å². The second kappa shape index (κ2) is 4.46. The van der Waals surface area contributed by atoms with E-state index in [9.17, 15) is 0 Å². The fourth-order valence-electron chi connectivity index (χ4n) is 1.36. The van der Waals surface area contributed by atoms with Crippen LogP contribution >= 0.6 is 22.9 Å². The first-order chi connectivity index (χ1) is 6.90. The molecule has 0 radical (unpaired) electrons. The summed E-state index contributed by atoms with van der Waals surface area (Å²) in [6.45, 7) is 0. The molecule has 0 amide bonds. The molecule has 0 bridgehead atoms. The second-order valence-corrected chi connectivity index (χ2v) is 3.58. The van der Waals surface area contributed by atoms with Gasteiger partial charge in [-0.1, -0.05) is 42.5 Å². The Labute approximate surface area is 97.7 Å². The quantitative estimate of drug-likeness (QED) is 0.649. The highest BCUT2D eigenvalue weighted by molar-refractivity contribution is 14.1. The van der Waals surface area contributed by atoms with Crippen molar-refractivity contribution in [3.8, 4) is 11.1 Å². The van der Waals surface area contributed by atoms with Gasteiger partial charge < -0.3 is 3.53 Å². The average Bonchev–Trinajstić information content (AvgIpc) is 2.30. The Morgan fingerprint density at radius 3 is 1.86 bits per heavy atom. The molecule has 0 aliphatic rings. The number of benzene rings is 2. The Bertz CT molecular complexity index is 394. The van der Waals surface area contributed by atoms with Crippen LogP contribution in [-0.2, 0) is 0 Å². The Morgan fingerprint density at radius 2 is 1.29 bits per heavy atom. The first-order valence-corrected chi connectivity index (χ1v) is 5.50. The van der Waals surface area contributed by atoms with Crippen molar-refractivity contribution < 1.29 is 0 Å². The molecule has 2 heteroatoms. The summed E-state index contributed by atoms with van der Waals surface area (Å²) < 4.78 is 3.08. The number of hydrogen-bond acceptors (Lipinski definition) is 1. The molecule has 0 saturated carbocycles. The normalized spacial score (nSPS) is 9.79. The minimum atomic E-state index is 1.13. The van der Waals surface area contributed by atoms with Crippen LogP contribution < -0.4 is 3.53 Å². The van der Waals surface area contributed by atoms with Crippen LogP contribution in [0.15, 0.2) is 54.6 Å². The van der Waals surface area contributed by atoms with Gasteiger partial charge in [0.1, 0.15) is 0 Å². The zero-order valence-electron chi connectivity index (χ0n) is 7.57. The topological polar surface area (TPSA) is 12.0 Å². The molecule has 0 aliphatic carbocycles. The fourth-order valence-corrected chi connectivity index (χ4v) is 1.72. The Morgan fingerprint density at radius 1 is 0.714 bits per heavy atom. The van der Waals surface area contributed by atoms with E-state index < -0.39 is 0 Å². The first-order valence-electron chi connectivity index (χ1n) is 4.42. The summed E-state index contributed by atoms with van der Waals surface area (Å²) in [6, 6.07) is 18.8. The smallest absolute Gasteiger partial charge is 0.0560 e. The van der Waals surface area contributed by atoms with Gasteiger partial charge in [0.15, 0.2) is 0 Å². The number of hydrogen-bond donors (Lipinski definition) is 1. The van der Waals surface area contributed by atoms with Gasteiger partial charge in [-0.3, -0.25) is 0 Å². The highest BCUT2D eigenvalue weighted by Crippen LogP contribution is 2.21. The van der Waals surface area contributed by atoms with E-state index in [2.05, 4.69) is 74.9 Å². The lowest BCUT2D eigenvalue weighted by Gasteiger charge is -2.02. The van der Waals surface area contributed by atoms with Crippen molar-refractivity contribution in [1.29, 1.82) is 0 Å². The van der Waals surface area contributed by atoms with E-state index in [1.54, 1.807) is 0 Å². The molecule has 2 rings (SSSR count). The summed E-state index contributed by atoms with van der Waals surface area (Å²) in [5.41, 5.74) is 3.64. The average molecular weight is 295 g/mol. The summed E-state index contributed by atoms with van der Waals surface area (Å²) in [7, 11) is 0. The molecule has 0 aromatic heterocycles. The number of rotatable bonds is 2. The van der Waals surface area contributed by atoms with E-state index in [0.717, 1.165) is 5.69 Å². The summed E-state index contributed by atoms with van der Waals surface area (Å²) >= 11 is 2.13. The summed E-state index contributed by atoms with van der Waals surface area (Å²) in [5, 5.41) is 0. The minimum absolute atomic E-state index is 1.13. The van der Waals surface area contributed by atoms with Crippen LogP contribution in [0.1, 0.15) is 0 Å². The molecule has 2 aromatic carbocycles. The number of anilines is 1. The van der Waals surface area contributed by atoms with Crippen LogP contribution in [0.4, 0.5) is 5.69 Å². The second-order valence-electron chi connectivity index (χ2n) is 3.04. The predicted molar refractivity (Wildman–Crippen MR) is 69.5 cm³/mol. The van der Waals surface area contributed by atoms with Crippen molar-refractivity contribution >= 4 is 28.6 Å². The molecular weight excluding hydrogens is 285 g/mol. The van der Waals surface area contributed by atoms with Gasteiger partial charge in [0, 0.05) is 5.69 Å². The summed E-state index contributed by atoms with van der Waals surface area (Å²) in [6.07, 6.45) is 0. The van der Waals surface area contributed by atoms with Crippen molar-refractivity contribution in [3.63, 3.8) is 0 Å². The molecular formula is C12H10IN. The third-order valence-electron chi connectivity index (χ3n) is 2.10. The Kier molecular flexibility index (Phi) is 3.03. The van der Waals surface area contributed by atoms with Crippen molar-refractivity contribution in [1.82, 2.24) is 0 Å². The minimum Gasteiger partial charge on any atom is -0.328 e. The lowest BCUT2D eigenvalue weighted by atomic mass is 10.1. The van der Waals surface area contributed by atoms with E-state index in [1.807, 2.05) is 6.07 Å². The zero-order chi connectivity index (χ0) is 9.80. The lowest BCUT2D eigenvalue weighted by Crippen LogP contribution is -1.80. The maximum Gasteiger partial charge on any atom is 0.0560 e. The predicted octanol–water partition coefficient (Wildman–Crippen LogP) is 4.12. The maximum atomic E-state index is 3.08. The molecule has 2 aromatic rings.